The number of aliphatic hydroxyl groups is 1. The molecule has 0 saturated carbocycles. The number of halogens is 1. The van der Waals surface area contributed by atoms with Crippen LogP contribution in [0.5, 0.6) is 0 Å². The van der Waals surface area contributed by atoms with Gasteiger partial charge in [0.25, 0.3) is 0 Å². The van der Waals surface area contributed by atoms with Crippen molar-refractivity contribution in [2.24, 2.45) is 0 Å². The summed E-state index contributed by atoms with van der Waals surface area (Å²) in [6.45, 7) is 0.287. The summed E-state index contributed by atoms with van der Waals surface area (Å²) in [6.07, 6.45) is -1.11. The van der Waals surface area contributed by atoms with Gasteiger partial charge < -0.3 is 9.84 Å². The average Bonchev–Trinajstić information content (AvgIpc) is 2.22. The molecule has 0 aromatic heterocycles. The van der Waals surface area contributed by atoms with Gasteiger partial charge in [0.05, 0.1) is 6.54 Å². The number of cyclic esters (lactones) is 1. The average molecular weight is 228 g/mol. The highest BCUT2D eigenvalue weighted by Gasteiger charge is 2.26. The second-order valence-corrected chi connectivity index (χ2v) is 3.76. The van der Waals surface area contributed by atoms with Crippen LogP contribution >= 0.6 is 11.6 Å². The van der Waals surface area contributed by atoms with Crippen molar-refractivity contribution in [2.45, 2.75) is 6.10 Å². The highest BCUT2D eigenvalue weighted by atomic mass is 35.5. The van der Waals surface area contributed by atoms with Crippen LogP contribution in [0.3, 0.4) is 0 Å². The Hall–Kier alpha value is -1.26. The minimum atomic E-state index is -0.651. The maximum Gasteiger partial charge on any atom is 0.414 e. The molecule has 15 heavy (non-hydrogen) atoms. The van der Waals surface area contributed by atoms with E-state index in [-0.39, 0.29) is 13.2 Å². The van der Waals surface area contributed by atoms with E-state index in [1.807, 2.05) is 0 Å². The summed E-state index contributed by atoms with van der Waals surface area (Å²) in [5.41, 5.74) is 0.631. The van der Waals surface area contributed by atoms with Crippen molar-refractivity contribution in [3.8, 4) is 0 Å². The zero-order valence-electron chi connectivity index (χ0n) is 7.89. The largest absolute Gasteiger partial charge is 0.446 e. The lowest BCUT2D eigenvalue weighted by Gasteiger charge is -2.29. The van der Waals surface area contributed by atoms with Crippen molar-refractivity contribution in [1.29, 1.82) is 0 Å². The molecule has 1 aliphatic rings. The molecular formula is C10H10ClNO3. The van der Waals surface area contributed by atoms with E-state index in [1.165, 1.54) is 4.90 Å². The Morgan fingerprint density at radius 3 is 3.07 bits per heavy atom. The molecule has 1 amide bonds. The van der Waals surface area contributed by atoms with Gasteiger partial charge in [0.1, 0.15) is 12.7 Å². The quantitative estimate of drug-likeness (QED) is 0.794. The monoisotopic (exact) mass is 227 g/mol. The topological polar surface area (TPSA) is 49.8 Å². The molecule has 1 unspecified atom stereocenters. The Morgan fingerprint density at radius 2 is 2.33 bits per heavy atom. The Balaban J connectivity index is 2.25. The fraction of sp³-hybridized carbons (Fsp3) is 0.300. The molecule has 1 heterocycles. The van der Waals surface area contributed by atoms with E-state index in [0.29, 0.717) is 10.7 Å². The number of anilines is 1. The standard InChI is InChI=1S/C10H10ClNO3/c11-7-2-1-3-8(4-7)12-5-9(13)6-15-10(12)14/h1-4,9,13H,5-6H2. The molecule has 1 aliphatic heterocycles. The van der Waals surface area contributed by atoms with E-state index in [9.17, 15) is 9.90 Å². The predicted octanol–water partition coefficient (Wildman–Crippen LogP) is 1.66. The summed E-state index contributed by atoms with van der Waals surface area (Å²) in [6, 6.07) is 6.86. The third-order valence-corrected chi connectivity index (χ3v) is 2.37. The minimum absolute atomic E-state index is 0.0515. The minimum Gasteiger partial charge on any atom is -0.446 e. The molecule has 5 heteroatoms. The molecule has 0 spiro atoms. The number of carbonyl (C=O) groups is 1. The van der Waals surface area contributed by atoms with Crippen molar-refractivity contribution < 1.29 is 14.6 Å². The molecule has 0 aliphatic carbocycles. The van der Waals surface area contributed by atoms with Crippen LogP contribution in [0.2, 0.25) is 5.02 Å². The van der Waals surface area contributed by atoms with E-state index in [0.717, 1.165) is 0 Å². The molecule has 1 aromatic carbocycles. The number of carbonyl (C=O) groups excluding carboxylic acids is 1. The van der Waals surface area contributed by atoms with Crippen LogP contribution in [-0.2, 0) is 4.74 Å². The van der Waals surface area contributed by atoms with Gasteiger partial charge in [0.2, 0.25) is 0 Å². The van der Waals surface area contributed by atoms with E-state index in [2.05, 4.69) is 0 Å². The van der Waals surface area contributed by atoms with Gasteiger partial charge in [-0.05, 0) is 18.2 Å². The van der Waals surface area contributed by atoms with Crippen LogP contribution in [0.25, 0.3) is 0 Å². The molecule has 2 rings (SSSR count). The van der Waals surface area contributed by atoms with Crippen LogP contribution in [0.15, 0.2) is 24.3 Å². The van der Waals surface area contributed by atoms with Crippen molar-refractivity contribution in [1.82, 2.24) is 0 Å². The second-order valence-electron chi connectivity index (χ2n) is 3.32. The number of aliphatic hydroxyl groups excluding tert-OH is 1. The van der Waals surface area contributed by atoms with Gasteiger partial charge in [-0.15, -0.1) is 0 Å². The smallest absolute Gasteiger partial charge is 0.414 e. The summed E-state index contributed by atoms with van der Waals surface area (Å²) >= 11 is 5.81. The van der Waals surface area contributed by atoms with Gasteiger partial charge >= 0.3 is 6.09 Å². The molecule has 80 valence electrons. The number of β-amino-alcohol motifs (C(OH)–C–C–N with tert-alkyl or cyclic N) is 1. The fourth-order valence-electron chi connectivity index (χ4n) is 1.44. The van der Waals surface area contributed by atoms with Crippen LogP contribution in [0.1, 0.15) is 0 Å². The summed E-state index contributed by atoms with van der Waals surface area (Å²) in [5.74, 6) is 0. The van der Waals surface area contributed by atoms with Gasteiger partial charge in [-0.1, -0.05) is 17.7 Å². The molecule has 1 N–H and O–H groups in total. The lowest BCUT2D eigenvalue weighted by Crippen LogP contribution is -2.45. The van der Waals surface area contributed by atoms with Gasteiger partial charge in [0, 0.05) is 10.7 Å². The molecule has 1 fully saturated rings. The molecule has 1 atom stereocenters. The fourth-order valence-corrected chi connectivity index (χ4v) is 1.62. The number of nitrogens with zero attached hydrogens (tertiary/aromatic N) is 1. The summed E-state index contributed by atoms with van der Waals surface area (Å²) in [7, 11) is 0. The maximum atomic E-state index is 11.4. The van der Waals surface area contributed by atoms with Gasteiger partial charge in [0.15, 0.2) is 0 Å². The van der Waals surface area contributed by atoms with E-state index >= 15 is 0 Å². The molecular weight excluding hydrogens is 218 g/mol. The second kappa shape index (κ2) is 4.08. The first-order valence-electron chi connectivity index (χ1n) is 4.55. The Labute approximate surface area is 92.0 Å². The van der Waals surface area contributed by atoms with E-state index < -0.39 is 12.2 Å². The van der Waals surface area contributed by atoms with E-state index in [4.69, 9.17) is 16.3 Å². The lowest BCUT2D eigenvalue weighted by molar-refractivity contribution is 0.0541. The van der Waals surface area contributed by atoms with Gasteiger partial charge in [-0.25, -0.2) is 4.79 Å². The summed E-state index contributed by atoms with van der Waals surface area (Å²) in [5, 5.41) is 9.92. The number of hydrogen-bond donors (Lipinski definition) is 1. The SMILES string of the molecule is O=C1OCC(O)CN1c1cccc(Cl)c1. The van der Waals surface area contributed by atoms with Crippen LogP contribution in [0, 0.1) is 0 Å². The number of hydrogen-bond acceptors (Lipinski definition) is 3. The van der Waals surface area contributed by atoms with Crippen molar-refractivity contribution in [3.63, 3.8) is 0 Å². The molecule has 4 nitrogen and oxygen atoms in total. The first-order valence-corrected chi connectivity index (χ1v) is 4.92. The van der Waals surface area contributed by atoms with Crippen LogP contribution in [0.4, 0.5) is 10.5 Å². The predicted molar refractivity (Wildman–Crippen MR) is 56.2 cm³/mol. The lowest BCUT2D eigenvalue weighted by atomic mass is 10.2. The Kier molecular flexibility index (Phi) is 2.79. The highest BCUT2D eigenvalue weighted by molar-refractivity contribution is 6.30. The third kappa shape index (κ3) is 2.22. The highest BCUT2D eigenvalue weighted by Crippen LogP contribution is 2.22. The number of amides is 1. The van der Waals surface area contributed by atoms with Gasteiger partial charge in [-0.2, -0.15) is 0 Å². The third-order valence-electron chi connectivity index (χ3n) is 2.13. The molecule has 1 saturated heterocycles. The normalized spacial score (nSPS) is 21.3. The summed E-state index contributed by atoms with van der Waals surface area (Å²) < 4.78 is 4.79. The number of ether oxygens (including phenoxy) is 1. The van der Waals surface area contributed by atoms with Crippen molar-refractivity contribution >= 4 is 23.4 Å². The molecule has 0 bridgehead atoms. The summed E-state index contributed by atoms with van der Waals surface area (Å²) in [4.78, 5) is 12.8. The van der Waals surface area contributed by atoms with Gasteiger partial charge in [-0.3, -0.25) is 4.90 Å². The van der Waals surface area contributed by atoms with Crippen molar-refractivity contribution in [2.75, 3.05) is 18.1 Å². The van der Waals surface area contributed by atoms with E-state index in [1.54, 1.807) is 24.3 Å². The maximum absolute atomic E-state index is 11.4. The Morgan fingerprint density at radius 1 is 1.53 bits per heavy atom. The van der Waals surface area contributed by atoms with Crippen LogP contribution in [-0.4, -0.2) is 30.5 Å². The number of benzene rings is 1. The first-order chi connectivity index (χ1) is 7.16. The van der Waals surface area contributed by atoms with Crippen molar-refractivity contribution in [3.05, 3.63) is 29.3 Å². The molecule has 1 aromatic rings. The molecule has 0 radical (unpaired) electrons. The number of rotatable bonds is 1. The Bertz CT molecular complexity index is 383. The zero-order valence-corrected chi connectivity index (χ0v) is 8.65. The van der Waals surface area contributed by atoms with Crippen LogP contribution < -0.4 is 4.90 Å². The first kappa shape index (κ1) is 10.3. The zero-order chi connectivity index (χ0) is 10.8.